The number of benzene rings is 1. The van der Waals surface area contributed by atoms with E-state index in [1.165, 1.54) is 69.9 Å². The van der Waals surface area contributed by atoms with Crippen LogP contribution in [0.3, 0.4) is 0 Å². The molecule has 0 unspecified atom stereocenters. The molecule has 2 fully saturated rings. The minimum atomic E-state index is -0.853. The van der Waals surface area contributed by atoms with E-state index in [9.17, 15) is 8.78 Å². The van der Waals surface area contributed by atoms with Crippen LogP contribution in [-0.4, -0.2) is 13.2 Å². The molecule has 1 saturated carbocycles. The molecule has 1 aromatic rings. The molecule has 1 aliphatic carbocycles. The van der Waals surface area contributed by atoms with Crippen molar-refractivity contribution >= 4 is 0 Å². The van der Waals surface area contributed by atoms with Crippen molar-refractivity contribution in [3.05, 3.63) is 35.4 Å². The van der Waals surface area contributed by atoms with Gasteiger partial charge in [-0.3, -0.25) is 0 Å². The highest BCUT2D eigenvalue weighted by atomic mass is 19.2. The third kappa shape index (κ3) is 5.26. The molecule has 0 atom stereocenters. The maximum absolute atomic E-state index is 13.4. The molecule has 2 aliphatic rings. The van der Waals surface area contributed by atoms with E-state index >= 15 is 0 Å². The lowest BCUT2D eigenvalue weighted by molar-refractivity contribution is -0.214. The summed E-state index contributed by atoms with van der Waals surface area (Å²) in [6, 6.07) is 3.84. The van der Waals surface area contributed by atoms with Crippen LogP contribution in [0.1, 0.15) is 76.6 Å². The van der Waals surface area contributed by atoms with Crippen LogP contribution in [0.4, 0.5) is 8.78 Å². The third-order valence-corrected chi connectivity index (χ3v) is 6.16. The Hall–Kier alpha value is -1.00. The van der Waals surface area contributed by atoms with Gasteiger partial charge in [-0.1, -0.05) is 57.9 Å². The van der Waals surface area contributed by atoms with Gasteiger partial charge in [0.1, 0.15) is 0 Å². The van der Waals surface area contributed by atoms with E-state index in [2.05, 4.69) is 6.92 Å². The van der Waals surface area contributed by atoms with Crippen molar-refractivity contribution in [1.82, 2.24) is 0 Å². The Kier molecular flexibility index (Phi) is 7.44. The molecule has 26 heavy (non-hydrogen) atoms. The smallest absolute Gasteiger partial charge is 0.183 e. The molecular formula is C22H32F2O2. The molecule has 4 heteroatoms. The van der Waals surface area contributed by atoms with Crippen LogP contribution in [0.15, 0.2) is 18.2 Å². The molecule has 1 saturated heterocycles. The molecule has 146 valence electrons. The number of rotatable bonds is 7. The lowest BCUT2D eigenvalue weighted by atomic mass is 9.74. The summed E-state index contributed by atoms with van der Waals surface area (Å²) < 4.78 is 38.1. The molecule has 3 rings (SSSR count). The maximum atomic E-state index is 13.4. The Labute approximate surface area is 156 Å². The number of hydrogen-bond donors (Lipinski definition) is 0. The second-order valence-corrected chi connectivity index (χ2v) is 8.06. The van der Waals surface area contributed by atoms with Crippen molar-refractivity contribution < 1.29 is 18.3 Å². The topological polar surface area (TPSA) is 18.5 Å². The molecule has 0 aromatic heterocycles. The molecule has 0 radical (unpaired) electrons. The van der Waals surface area contributed by atoms with E-state index < -0.39 is 17.9 Å². The van der Waals surface area contributed by atoms with Gasteiger partial charge in [0.05, 0.1) is 13.2 Å². The highest BCUT2D eigenvalue weighted by Crippen LogP contribution is 2.38. The highest BCUT2D eigenvalue weighted by Gasteiger charge is 2.32. The summed E-state index contributed by atoms with van der Waals surface area (Å²) in [5, 5.41) is 0. The van der Waals surface area contributed by atoms with Crippen LogP contribution < -0.4 is 0 Å². The lowest BCUT2D eigenvalue weighted by Crippen LogP contribution is -2.34. The van der Waals surface area contributed by atoms with Gasteiger partial charge in [0.15, 0.2) is 17.9 Å². The van der Waals surface area contributed by atoms with Crippen LogP contribution >= 0.6 is 0 Å². The monoisotopic (exact) mass is 366 g/mol. The van der Waals surface area contributed by atoms with Gasteiger partial charge in [0, 0.05) is 11.5 Å². The van der Waals surface area contributed by atoms with Gasteiger partial charge in [-0.2, -0.15) is 0 Å². The summed E-state index contributed by atoms with van der Waals surface area (Å²) in [7, 11) is 0. The summed E-state index contributed by atoms with van der Waals surface area (Å²) in [5.41, 5.74) is 0.554. The Morgan fingerprint density at radius 3 is 2.27 bits per heavy atom. The minimum Gasteiger partial charge on any atom is -0.348 e. The zero-order valence-electron chi connectivity index (χ0n) is 15.9. The van der Waals surface area contributed by atoms with E-state index in [0.29, 0.717) is 30.6 Å². The first kappa shape index (κ1) is 19.8. The Bertz CT molecular complexity index is 547. The quantitative estimate of drug-likeness (QED) is 0.520. The van der Waals surface area contributed by atoms with E-state index in [1.54, 1.807) is 0 Å². The molecule has 2 nitrogen and oxygen atoms in total. The van der Waals surface area contributed by atoms with Gasteiger partial charge < -0.3 is 9.47 Å². The Balaban J connectivity index is 1.39. The lowest BCUT2D eigenvalue weighted by Gasteiger charge is -2.38. The fourth-order valence-corrected chi connectivity index (χ4v) is 4.45. The van der Waals surface area contributed by atoms with Crippen molar-refractivity contribution in [3.63, 3.8) is 0 Å². The van der Waals surface area contributed by atoms with E-state index in [-0.39, 0.29) is 0 Å². The summed E-state index contributed by atoms with van der Waals surface area (Å²) in [6.07, 6.45) is 11.5. The van der Waals surface area contributed by atoms with Crippen LogP contribution in [0.2, 0.25) is 0 Å². The number of halogens is 2. The van der Waals surface area contributed by atoms with Crippen LogP contribution in [0, 0.1) is 29.4 Å². The molecule has 0 spiro atoms. The Morgan fingerprint density at radius 2 is 1.62 bits per heavy atom. The van der Waals surface area contributed by atoms with Crippen molar-refractivity contribution in [3.8, 4) is 0 Å². The zero-order valence-corrected chi connectivity index (χ0v) is 15.9. The van der Waals surface area contributed by atoms with Crippen molar-refractivity contribution in [2.24, 2.45) is 17.8 Å². The zero-order chi connectivity index (χ0) is 18.4. The predicted octanol–water partition coefficient (Wildman–Crippen LogP) is 6.40. The summed E-state index contributed by atoms with van der Waals surface area (Å²) in [6.45, 7) is 3.56. The summed E-state index contributed by atoms with van der Waals surface area (Å²) >= 11 is 0. The SMILES string of the molecule is CCCCCC[C@H]1CC[C@H]([C@H]2CO[C@H](c3ccc(F)c(F)c3)OC2)CC1. The average molecular weight is 366 g/mol. The molecule has 0 N–H and O–H groups in total. The van der Waals surface area contributed by atoms with Gasteiger partial charge in [-0.25, -0.2) is 8.78 Å². The second kappa shape index (κ2) is 9.80. The first-order valence-corrected chi connectivity index (χ1v) is 10.4. The first-order chi connectivity index (χ1) is 12.7. The van der Waals surface area contributed by atoms with E-state index in [0.717, 1.165) is 12.0 Å². The van der Waals surface area contributed by atoms with Crippen molar-refractivity contribution in [1.29, 1.82) is 0 Å². The number of ether oxygens (including phenoxy) is 2. The average Bonchev–Trinajstić information content (AvgIpc) is 2.68. The molecular weight excluding hydrogens is 334 g/mol. The fourth-order valence-electron chi connectivity index (χ4n) is 4.45. The van der Waals surface area contributed by atoms with Gasteiger partial charge in [-0.05, 0) is 36.8 Å². The largest absolute Gasteiger partial charge is 0.348 e. The predicted molar refractivity (Wildman–Crippen MR) is 98.7 cm³/mol. The van der Waals surface area contributed by atoms with Gasteiger partial charge in [0.2, 0.25) is 0 Å². The Morgan fingerprint density at radius 1 is 0.885 bits per heavy atom. The summed E-state index contributed by atoms with van der Waals surface area (Å²) in [5.74, 6) is 0.317. The fraction of sp³-hybridized carbons (Fsp3) is 0.727. The van der Waals surface area contributed by atoms with Gasteiger partial charge in [0.25, 0.3) is 0 Å². The third-order valence-electron chi connectivity index (χ3n) is 6.16. The van der Waals surface area contributed by atoms with E-state index in [4.69, 9.17) is 9.47 Å². The molecule has 1 aromatic carbocycles. The molecule has 1 aliphatic heterocycles. The number of unbranched alkanes of at least 4 members (excludes halogenated alkanes) is 3. The van der Waals surface area contributed by atoms with Crippen LogP contribution in [-0.2, 0) is 9.47 Å². The molecule has 0 bridgehead atoms. The highest BCUT2D eigenvalue weighted by molar-refractivity contribution is 5.19. The second-order valence-electron chi connectivity index (χ2n) is 8.06. The first-order valence-electron chi connectivity index (χ1n) is 10.4. The normalized spacial score (nSPS) is 29.7. The minimum absolute atomic E-state index is 0.428. The standard InChI is InChI=1S/C22H32F2O2/c1-2-3-4-5-6-16-7-9-17(10-8-16)19-14-25-22(26-15-19)18-11-12-20(23)21(24)13-18/h11-13,16-17,19,22H,2-10,14-15H2,1H3/t16-,17-,19-,22-. The van der Waals surface area contributed by atoms with Gasteiger partial charge >= 0.3 is 0 Å². The van der Waals surface area contributed by atoms with Crippen LogP contribution in [0.25, 0.3) is 0 Å². The van der Waals surface area contributed by atoms with Crippen molar-refractivity contribution in [2.45, 2.75) is 71.0 Å². The maximum Gasteiger partial charge on any atom is 0.183 e. The molecule has 0 amide bonds. The summed E-state index contributed by atoms with van der Waals surface area (Å²) in [4.78, 5) is 0. The molecule has 1 heterocycles. The number of hydrogen-bond acceptors (Lipinski definition) is 2. The van der Waals surface area contributed by atoms with Gasteiger partial charge in [-0.15, -0.1) is 0 Å². The van der Waals surface area contributed by atoms with Crippen LogP contribution in [0.5, 0.6) is 0 Å². The van der Waals surface area contributed by atoms with E-state index in [1.807, 2.05) is 0 Å². The van der Waals surface area contributed by atoms with Crippen molar-refractivity contribution in [2.75, 3.05) is 13.2 Å².